The van der Waals surface area contributed by atoms with E-state index in [9.17, 15) is 13.2 Å². The normalized spacial score (nSPS) is 22.8. The van der Waals surface area contributed by atoms with Crippen molar-refractivity contribution in [2.45, 2.75) is 38.7 Å². The average molecular weight is 456 g/mol. The van der Waals surface area contributed by atoms with Crippen molar-refractivity contribution in [3.63, 3.8) is 0 Å². The first kappa shape index (κ1) is 24.0. The zero-order chi connectivity index (χ0) is 23.1. The largest absolute Gasteiger partial charge is 0.490 e. The fourth-order valence-electron chi connectivity index (χ4n) is 3.97. The number of rotatable bonds is 7. The van der Waals surface area contributed by atoms with Gasteiger partial charge in [0.25, 0.3) is 0 Å². The molecule has 0 bridgehead atoms. The van der Waals surface area contributed by atoms with Gasteiger partial charge in [0, 0.05) is 56.1 Å². The number of carboxylic acid groups (broad SMARTS) is 1. The molecule has 0 amide bonds. The van der Waals surface area contributed by atoms with Gasteiger partial charge in [-0.05, 0) is 25.3 Å². The highest BCUT2D eigenvalue weighted by atomic mass is 19.4. The van der Waals surface area contributed by atoms with Crippen LogP contribution in [-0.4, -0.2) is 69.3 Å². The van der Waals surface area contributed by atoms with Gasteiger partial charge >= 0.3 is 12.1 Å². The zero-order valence-electron chi connectivity index (χ0n) is 17.7. The molecule has 1 N–H and O–H groups in total. The molecule has 0 aromatic carbocycles. The number of ether oxygens (including phenoxy) is 2. The Hall–Kier alpha value is -2.66. The van der Waals surface area contributed by atoms with Crippen molar-refractivity contribution in [3.8, 4) is 5.88 Å². The maximum absolute atomic E-state index is 10.6. The molecule has 2 aliphatic rings. The number of carboxylic acids is 1. The number of hydrogen-bond donors (Lipinski definition) is 1. The Labute approximate surface area is 183 Å². The summed E-state index contributed by atoms with van der Waals surface area (Å²) >= 11 is 0. The van der Waals surface area contributed by atoms with Crippen molar-refractivity contribution in [2.75, 3.05) is 26.3 Å². The molecule has 2 aliphatic heterocycles. The predicted octanol–water partition coefficient (Wildman–Crippen LogP) is 2.85. The highest BCUT2D eigenvalue weighted by Crippen LogP contribution is 2.36. The van der Waals surface area contributed by atoms with E-state index < -0.39 is 12.1 Å². The predicted molar refractivity (Wildman–Crippen MR) is 108 cm³/mol. The quantitative estimate of drug-likeness (QED) is 0.685. The lowest BCUT2D eigenvalue weighted by atomic mass is 9.91. The molecule has 0 saturated carbocycles. The Morgan fingerprint density at radius 3 is 2.75 bits per heavy atom. The number of nitrogens with zero attached hydrogens (tertiary/aromatic N) is 4. The number of likely N-dealkylation sites (tertiary alicyclic amines) is 1. The van der Waals surface area contributed by atoms with Crippen LogP contribution in [0.25, 0.3) is 0 Å². The molecule has 2 saturated heterocycles. The highest BCUT2D eigenvalue weighted by molar-refractivity contribution is 5.73. The maximum Gasteiger partial charge on any atom is 0.490 e. The van der Waals surface area contributed by atoms with Gasteiger partial charge in [0.15, 0.2) is 0 Å². The summed E-state index contributed by atoms with van der Waals surface area (Å²) in [6.07, 6.45) is 2.21. The van der Waals surface area contributed by atoms with Crippen LogP contribution in [0.1, 0.15) is 18.9 Å². The van der Waals surface area contributed by atoms with E-state index in [4.69, 9.17) is 19.4 Å². The van der Waals surface area contributed by atoms with Crippen LogP contribution in [0.3, 0.4) is 0 Å². The molecular formula is C21H27F3N4O4. The van der Waals surface area contributed by atoms with Gasteiger partial charge in [0.1, 0.15) is 0 Å². The molecule has 11 heteroatoms. The minimum atomic E-state index is -5.08. The molecule has 2 aromatic heterocycles. The van der Waals surface area contributed by atoms with Gasteiger partial charge in [-0.3, -0.25) is 9.58 Å². The number of aromatic nitrogens is 3. The van der Waals surface area contributed by atoms with Crippen LogP contribution in [0.2, 0.25) is 0 Å². The first-order chi connectivity index (χ1) is 15.3. The summed E-state index contributed by atoms with van der Waals surface area (Å²) in [5.74, 6) is -0.850. The molecule has 4 heterocycles. The maximum atomic E-state index is 10.6. The molecule has 0 aliphatic carbocycles. The Morgan fingerprint density at radius 1 is 1.34 bits per heavy atom. The summed E-state index contributed by atoms with van der Waals surface area (Å²) in [6.45, 7) is 7.71. The van der Waals surface area contributed by atoms with Gasteiger partial charge in [0.2, 0.25) is 5.88 Å². The van der Waals surface area contributed by atoms with E-state index in [0.29, 0.717) is 30.4 Å². The lowest BCUT2D eigenvalue weighted by Gasteiger charge is -2.19. The van der Waals surface area contributed by atoms with Gasteiger partial charge in [-0.25, -0.2) is 9.78 Å². The molecule has 2 aromatic rings. The van der Waals surface area contributed by atoms with Crippen molar-refractivity contribution in [3.05, 3.63) is 42.4 Å². The summed E-state index contributed by atoms with van der Waals surface area (Å²) in [4.78, 5) is 15.6. The molecule has 3 atom stereocenters. The third kappa shape index (κ3) is 6.67. The molecule has 8 nitrogen and oxygen atoms in total. The number of halogens is 3. The Balaban J connectivity index is 0.000000360. The number of fused-ring (bicyclic) bond motifs is 1. The fourth-order valence-corrected chi connectivity index (χ4v) is 3.97. The van der Waals surface area contributed by atoms with Gasteiger partial charge in [-0.1, -0.05) is 6.07 Å². The van der Waals surface area contributed by atoms with E-state index in [1.54, 1.807) is 6.20 Å². The topological polar surface area (TPSA) is 89.7 Å². The smallest absolute Gasteiger partial charge is 0.478 e. The molecule has 4 rings (SSSR count). The van der Waals surface area contributed by atoms with Crippen LogP contribution in [0, 0.1) is 11.8 Å². The van der Waals surface area contributed by atoms with Crippen LogP contribution < -0.4 is 4.74 Å². The van der Waals surface area contributed by atoms with Crippen LogP contribution in [0.5, 0.6) is 5.88 Å². The lowest BCUT2D eigenvalue weighted by molar-refractivity contribution is -0.192. The lowest BCUT2D eigenvalue weighted by Crippen LogP contribution is -2.24. The molecule has 0 radical (unpaired) electrons. The molecule has 32 heavy (non-hydrogen) atoms. The standard InChI is InChI=1S/C19H26N4O2.C2HF3O2/c1-2-23-11-15(9-21-23)10-22-12-17-16(14-25-18(17)13-22)6-8-24-19-5-3-4-7-20-19;3-2(4,5)1(6)7/h3-5,7,9,11,16-18H,2,6,8,10,12-14H2,1H3;(H,6,7)/t16-,17-,18-;/m0./s1. The number of hydrogen-bond acceptors (Lipinski definition) is 6. The SMILES string of the molecule is CCn1cc(CN2C[C@H]3[C@@H](CCOc4ccccn4)CO[C@H]3C2)cn1.O=C(O)C(F)(F)F. The highest BCUT2D eigenvalue weighted by Gasteiger charge is 2.43. The van der Waals surface area contributed by atoms with Crippen molar-refractivity contribution in [1.82, 2.24) is 19.7 Å². The molecular weight excluding hydrogens is 429 g/mol. The van der Waals surface area contributed by atoms with E-state index >= 15 is 0 Å². The summed E-state index contributed by atoms with van der Waals surface area (Å²) in [6, 6.07) is 5.76. The van der Waals surface area contributed by atoms with E-state index in [2.05, 4.69) is 28.1 Å². The number of carbonyl (C=O) groups is 1. The van der Waals surface area contributed by atoms with E-state index in [-0.39, 0.29) is 0 Å². The minimum Gasteiger partial charge on any atom is -0.478 e. The van der Waals surface area contributed by atoms with E-state index in [1.807, 2.05) is 29.1 Å². The summed E-state index contributed by atoms with van der Waals surface area (Å²) in [5, 5.41) is 11.5. The Morgan fingerprint density at radius 2 is 2.12 bits per heavy atom. The van der Waals surface area contributed by atoms with Gasteiger partial charge in [-0.2, -0.15) is 18.3 Å². The number of aliphatic carboxylic acids is 1. The molecule has 0 spiro atoms. The van der Waals surface area contributed by atoms with Crippen LogP contribution in [0.15, 0.2) is 36.8 Å². The third-order valence-electron chi connectivity index (χ3n) is 5.55. The number of aryl methyl sites for hydroxylation is 1. The zero-order valence-corrected chi connectivity index (χ0v) is 17.7. The Kier molecular flexibility index (Phi) is 8.08. The molecule has 2 fully saturated rings. The van der Waals surface area contributed by atoms with Gasteiger partial charge < -0.3 is 14.6 Å². The van der Waals surface area contributed by atoms with E-state index in [1.165, 1.54) is 5.56 Å². The third-order valence-corrected chi connectivity index (χ3v) is 5.55. The van der Waals surface area contributed by atoms with Crippen LogP contribution >= 0.6 is 0 Å². The monoisotopic (exact) mass is 456 g/mol. The first-order valence-electron chi connectivity index (χ1n) is 10.5. The molecule has 0 unspecified atom stereocenters. The van der Waals surface area contributed by atoms with E-state index in [0.717, 1.165) is 39.2 Å². The van der Waals surface area contributed by atoms with Crippen molar-refractivity contribution in [2.24, 2.45) is 11.8 Å². The van der Waals surface area contributed by atoms with Crippen molar-refractivity contribution >= 4 is 5.97 Å². The second-order valence-electron chi connectivity index (χ2n) is 7.80. The summed E-state index contributed by atoms with van der Waals surface area (Å²) in [7, 11) is 0. The first-order valence-corrected chi connectivity index (χ1v) is 10.5. The summed E-state index contributed by atoms with van der Waals surface area (Å²) in [5.41, 5.74) is 1.29. The second-order valence-corrected chi connectivity index (χ2v) is 7.80. The average Bonchev–Trinajstić information content (AvgIpc) is 3.46. The summed E-state index contributed by atoms with van der Waals surface area (Å²) < 4.78 is 45.5. The van der Waals surface area contributed by atoms with Crippen LogP contribution in [0.4, 0.5) is 13.2 Å². The molecule has 176 valence electrons. The van der Waals surface area contributed by atoms with Gasteiger partial charge in [-0.15, -0.1) is 0 Å². The Bertz CT molecular complexity index is 862. The van der Waals surface area contributed by atoms with Crippen LogP contribution in [-0.2, 0) is 22.6 Å². The van der Waals surface area contributed by atoms with Crippen molar-refractivity contribution < 1.29 is 32.5 Å². The number of alkyl halides is 3. The fraction of sp³-hybridized carbons (Fsp3) is 0.571. The number of pyridine rings is 1. The van der Waals surface area contributed by atoms with Gasteiger partial charge in [0.05, 0.1) is 25.5 Å². The minimum absolute atomic E-state index is 0.376. The second kappa shape index (κ2) is 10.8. The van der Waals surface area contributed by atoms with Crippen molar-refractivity contribution in [1.29, 1.82) is 0 Å².